The van der Waals surface area contributed by atoms with Crippen LogP contribution in [0, 0.1) is 5.41 Å². The molecule has 0 aromatic rings. The Morgan fingerprint density at radius 2 is 2.05 bits per heavy atom. The number of hydrogen-bond acceptors (Lipinski definition) is 3. The summed E-state index contributed by atoms with van der Waals surface area (Å²) in [6, 6.07) is 0. The predicted octanol–water partition coefficient (Wildman–Crippen LogP) is 1.75. The first-order chi connectivity index (χ1) is 8.78. The van der Waals surface area contributed by atoms with E-state index < -0.39 is 30.5 Å². The molecule has 2 rings (SSSR count). The smallest absolute Gasteiger partial charge is 0.406 e. The third-order valence-electron chi connectivity index (χ3n) is 3.74. The molecule has 2 unspecified atom stereocenters. The molecule has 4 nitrogen and oxygen atoms in total. The van der Waals surface area contributed by atoms with Crippen molar-refractivity contribution in [2.24, 2.45) is 5.41 Å². The van der Waals surface area contributed by atoms with Gasteiger partial charge in [-0.05, 0) is 25.0 Å². The maximum absolute atomic E-state index is 13.0. The molecule has 1 amide bonds. The van der Waals surface area contributed by atoms with Gasteiger partial charge in [0.1, 0.15) is 0 Å². The molecule has 1 N–H and O–H groups in total. The van der Waals surface area contributed by atoms with Crippen molar-refractivity contribution in [3.05, 3.63) is 0 Å². The molecule has 0 aliphatic carbocycles. The van der Waals surface area contributed by atoms with E-state index in [1.165, 1.54) is 11.8 Å². The number of halogens is 3. The number of hydrogen-bond donors (Lipinski definition) is 1. The van der Waals surface area contributed by atoms with Gasteiger partial charge in [0.2, 0.25) is 5.91 Å². The first kappa shape index (κ1) is 14.5. The zero-order valence-corrected chi connectivity index (χ0v) is 10.9. The van der Waals surface area contributed by atoms with Crippen molar-refractivity contribution in [3.63, 3.8) is 0 Å². The standard InChI is InChI=1S/C11H14F3NO3S/c12-11(13,14)10(9(17)18)3-4-15(6-10)8(16)7-2-1-5-19-7/h7H,1-6H2,(H,17,18). The highest BCUT2D eigenvalue weighted by molar-refractivity contribution is 8.00. The summed E-state index contributed by atoms with van der Waals surface area (Å²) in [7, 11) is 0. The number of thioether (sulfide) groups is 1. The van der Waals surface area contributed by atoms with Gasteiger partial charge in [-0.1, -0.05) is 0 Å². The predicted molar refractivity (Wildman–Crippen MR) is 62.8 cm³/mol. The van der Waals surface area contributed by atoms with Gasteiger partial charge in [-0.2, -0.15) is 13.2 Å². The van der Waals surface area contributed by atoms with Crippen LogP contribution in [-0.2, 0) is 9.59 Å². The van der Waals surface area contributed by atoms with Crippen molar-refractivity contribution in [2.45, 2.75) is 30.7 Å². The van der Waals surface area contributed by atoms with Crippen LogP contribution in [0.2, 0.25) is 0 Å². The number of likely N-dealkylation sites (tertiary alicyclic amines) is 1. The van der Waals surface area contributed by atoms with Crippen LogP contribution in [-0.4, -0.2) is 52.2 Å². The summed E-state index contributed by atoms with van der Waals surface area (Å²) in [6.07, 6.45) is -3.87. The summed E-state index contributed by atoms with van der Waals surface area (Å²) in [4.78, 5) is 24.1. The van der Waals surface area contributed by atoms with Crippen molar-refractivity contribution >= 4 is 23.6 Å². The van der Waals surface area contributed by atoms with Gasteiger partial charge in [-0.3, -0.25) is 9.59 Å². The molecule has 2 saturated heterocycles. The molecule has 2 fully saturated rings. The number of carboxylic acids is 1. The van der Waals surface area contributed by atoms with Gasteiger partial charge >= 0.3 is 12.1 Å². The van der Waals surface area contributed by atoms with Crippen LogP contribution in [0.25, 0.3) is 0 Å². The summed E-state index contributed by atoms with van der Waals surface area (Å²) < 4.78 is 38.9. The fourth-order valence-electron chi connectivity index (χ4n) is 2.50. The van der Waals surface area contributed by atoms with E-state index in [1.807, 2.05) is 0 Å². The molecular weight excluding hydrogens is 283 g/mol. The number of rotatable bonds is 2. The Morgan fingerprint density at radius 1 is 1.37 bits per heavy atom. The lowest BCUT2D eigenvalue weighted by Crippen LogP contribution is -2.48. The molecule has 0 bridgehead atoms. The van der Waals surface area contributed by atoms with Crippen molar-refractivity contribution in [2.75, 3.05) is 18.8 Å². The third-order valence-corrected chi connectivity index (χ3v) is 5.10. The number of nitrogens with zero attached hydrogens (tertiary/aromatic N) is 1. The van der Waals surface area contributed by atoms with Crippen LogP contribution in [0.4, 0.5) is 13.2 Å². The largest absolute Gasteiger partial charge is 0.481 e. The van der Waals surface area contributed by atoms with Crippen LogP contribution >= 0.6 is 11.8 Å². The van der Waals surface area contributed by atoms with Crippen LogP contribution in [0.3, 0.4) is 0 Å². The average molecular weight is 297 g/mol. The minimum atomic E-state index is -4.84. The second kappa shape index (κ2) is 4.88. The third kappa shape index (κ3) is 2.42. The Kier molecular flexibility index (Phi) is 3.72. The van der Waals surface area contributed by atoms with E-state index in [1.54, 1.807) is 0 Å². The van der Waals surface area contributed by atoms with Crippen LogP contribution in [0.1, 0.15) is 19.3 Å². The van der Waals surface area contributed by atoms with E-state index in [-0.39, 0.29) is 17.7 Å². The Balaban J connectivity index is 2.13. The maximum Gasteiger partial charge on any atom is 0.406 e. The molecule has 8 heteroatoms. The van der Waals surface area contributed by atoms with Crippen molar-refractivity contribution in [1.82, 2.24) is 4.90 Å². The second-order valence-electron chi connectivity index (χ2n) is 4.90. The monoisotopic (exact) mass is 297 g/mol. The average Bonchev–Trinajstić information content (AvgIpc) is 2.97. The fraction of sp³-hybridized carbons (Fsp3) is 0.818. The number of alkyl halides is 3. The molecule has 2 atom stereocenters. The Bertz CT molecular complexity index is 395. The van der Waals surface area contributed by atoms with E-state index in [2.05, 4.69) is 0 Å². The van der Waals surface area contributed by atoms with Crippen molar-refractivity contribution < 1.29 is 27.9 Å². The van der Waals surface area contributed by atoms with Gasteiger partial charge in [0.15, 0.2) is 5.41 Å². The number of amides is 1. The lowest BCUT2D eigenvalue weighted by atomic mass is 9.86. The quantitative estimate of drug-likeness (QED) is 0.843. The highest BCUT2D eigenvalue weighted by Gasteiger charge is 2.64. The van der Waals surface area contributed by atoms with Gasteiger partial charge in [0.05, 0.1) is 5.25 Å². The highest BCUT2D eigenvalue weighted by atomic mass is 32.2. The first-order valence-corrected chi connectivity index (χ1v) is 7.03. The Hall–Kier alpha value is -0.920. The SMILES string of the molecule is O=C(C1CCCS1)N1CCC(C(=O)O)(C(F)(F)F)C1. The van der Waals surface area contributed by atoms with E-state index >= 15 is 0 Å². The van der Waals surface area contributed by atoms with E-state index in [0.29, 0.717) is 6.42 Å². The fourth-order valence-corrected chi connectivity index (χ4v) is 3.74. The Labute approximate surface area is 112 Å². The number of aliphatic carboxylic acids is 1. The van der Waals surface area contributed by atoms with Gasteiger partial charge in [-0.15, -0.1) is 11.8 Å². The van der Waals surface area contributed by atoms with Crippen LogP contribution < -0.4 is 0 Å². The summed E-state index contributed by atoms with van der Waals surface area (Å²) in [5, 5.41) is 8.59. The zero-order chi connectivity index (χ0) is 14.3. The van der Waals surface area contributed by atoms with Gasteiger partial charge in [0, 0.05) is 13.1 Å². The second-order valence-corrected chi connectivity index (χ2v) is 6.21. The number of carbonyl (C=O) groups excluding carboxylic acids is 1. The topological polar surface area (TPSA) is 57.6 Å². The lowest BCUT2D eigenvalue weighted by Gasteiger charge is -2.27. The lowest BCUT2D eigenvalue weighted by molar-refractivity contribution is -0.227. The molecule has 0 aromatic carbocycles. The highest BCUT2D eigenvalue weighted by Crippen LogP contribution is 2.46. The molecule has 0 radical (unpaired) electrons. The van der Waals surface area contributed by atoms with Crippen LogP contribution in [0.15, 0.2) is 0 Å². The van der Waals surface area contributed by atoms with Crippen molar-refractivity contribution in [3.8, 4) is 0 Å². The molecule has 2 heterocycles. The summed E-state index contributed by atoms with van der Waals surface area (Å²) in [5.74, 6) is -1.42. The summed E-state index contributed by atoms with van der Waals surface area (Å²) in [5.41, 5.74) is -2.80. The first-order valence-electron chi connectivity index (χ1n) is 5.98. The van der Waals surface area contributed by atoms with Crippen LogP contribution in [0.5, 0.6) is 0 Å². The van der Waals surface area contributed by atoms with Crippen molar-refractivity contribution in [1.29, 1.82) is 0 Å². The Morgan fingerprint density at radius 3 is 2.47 bits per heavy atom. The van der Waals surface area contributed by atoms with Gasteiger partial charge < -0.3 is 10.0 Å². The zero-order valence-electron chi connectivity index (χ0n) is 10.1. The van der Waals surface area contributed by atoms with E-state index in [4.69, 9.17) is 5.11 Å². The normalized spacial score (nSPS) is 31.7. The minimum absolute atomic E-state index is 0.137. The molecule has 19 heavy (non-hydrogen) atoms. The maximum atomic E-state index is 13.0. The summed E-state index contributed by atoms with van der Waals surface area (Å²) in [6.45, 7) is -0.899. The van der Waals surface area contributed by atoms with Gasteiger partial charge in [0.25, 0.3) is 0 Å². The molecular formula is C11H14F3NO3S. The van der Waals surface area contributed by atoms with E-state index in [0.717, 1.165) is 17.1 Å². The molecule has 0 aromatic heterocycles. The molecule has 0 saturated carbocycles. The molecule has 108 valence electrons. The number of carbonyl (C=O) groups is 2. The minimum Gasteiger partial charge on any atom is -0.481 e. The van der Waals surface area contributed by atoms with Gasteiger partial charge in [-0.25, -0.2) is 0 Å². The molecule has 2 aliphatic rings. The van der Waals surface area contributed by atoms with E-state index in [9.17, 15) is 22.8 Å². The molecule has 2 aliphatic heterocycles. The summed E-state index contributed by atoms with van der Waals surface area (Å²) >= 11 is 1.43. The number of carboxylic acid groups (broad SMARTS) is 1. The molecule has 0 spiro atoms.